The van der Waals surface area contributed by atoms with E-state index in [1.807, 2.05) is 13.8 Å². The smallest absolute Gasteiger partial charge is 0.326 e. The van der Waals surface area contributed by atoms with Crippen molar-refractivity contribution in [2.45, 2.75) is 77.5 Å². The molecule has 3 amide bonds. The Morgan fingerprint density at radius 3 is 1.87 bits per heavy atom. The van der Waals surface area contributed by atoms with Crippen molar-refractivity contribution in [2.24, 2.45) is 23.3 Å². The number of carbonyl (C=O) groups is 4. The van der Waals surface area contributed by atoms with Crippen LogP contribution in [0.1, 0.15) is 53.4 Å². The van der Waals surface area contributed by atoms with E-state index in [0.717, 1.165) is 0 Å². The fourth-order valence-corrected chi connectivity index (χ4v) is 2.86. The van der Waals surface area contributed by atoms with Gasteiger partial charge in [0.25, 0.3) is 0 Å². The molecule has 0 saturated carbocycles. The van der Waals surface area contributed by atoms with E-state index in [4.69, 9.17) is 11.5 Å². The molecule has 0 spiro atoms. The van der Waals surface area contributed by atoms with Crippen molar-refractivity contribution in [2.75, 3.05) is 13.2 Å². The molecule has 0 aliphatic heterocycles. The average Bonchev–Trinajstić information content (AvgIpc) is 2.68. The van der Waals surface area contributed by atoms with Gasteiger partial charge in [0, 0.05) is 0 Å². The summed E-state index contributed by atoms with van der Waals surface area (Å²) in [5, 5.41) is 26.2. The number of amides is 3. The van der Waals surface area contributed by atoms with E-state index in [1.165, 1.54) is 0 Å². The molecule has 0 aromatic carbocycles. The highest BCUT2D eigenvalue weighted by molar-refractivity contribution is 5.94. The Labute approximate surface area is 183 Å². The molecule has 11 heteroatoms. The maximum Gasteiger partial charge on any atom is 0.326 e. The van der Waals surface area contributed by atoms with Crippen molar-refractivity contribution < 1.29 is 29.4 Å². The van der Waals surface area contributed by atoms with Gasteiger partial charge in [0.1, 0.15) is 18.1 Å². The predicted octanol–water partition coefficient (Wildman–Crippen LogP) is -1.32. The first-order valence-corrected chi connectivity index (χ1v) is 10.6. The molecule has 11 nitrogen and oxygen atoms in total. The fraction of sp³-hybridized carbons (Fsp3) is 0.800. The Hall–Kier alpha value is -2.24. The van der Waals surface area contributed by atoms with Crippen LogP contribution in [0.15, 0.2) is 0 Å². The molecule has 0 aromatic heterocycles. The third kappa shape index (κ3) is 11.1. The molecule has 0 saturated heterocycles. The number of aliphatic hydroxyl groups excluding tert-OH is 1. The minimum absolute atomic E-state index is 0.0107. The fourth-order valence-electron chi connectivity index (χ4n) is 2.86. The molecule has 0 bridgehead atoms. The number of aliphatic hydroxyl groups is 1. The van der Waals surface area contributed by atoms with Gasteiger partial charge >= 0.3 is 5.97 Å². The van der Waals surface area contributed by atoms with Crippen molar-refractivity contribution in [3.8, 4) is 0 Å². The van der Waals surface area contributed by atoms with Crippen molar-refractivity contribution >= 4 is 23.7 Å². The van der Waals surface area contributed by atoms with E-state index >= 15 is 0 Å². The maximum atomic E-state index is 12.7. The van der Waals surface area contributed by atoms with Crippen LogP contribution in [0.4, 0.5) is 0 Å². The molecule has 0 aliphatic carbocycles. The topological polar surface area (TPSA) is 197 Å². The van der Waals surface area contributed by atoms with Gasteiger partial charge in [-0.05, 0) is 37.6 Å². The number of hydrogen-bond donors (Lipinski definition) is 7. The van der Waals surface area contributed by atoms with Crippen LogP contribution in [0.25, 0.3) is 0 Å². The molecule has 4 atom stereocenters. The number of aliphatic carboxylic acids is 1. The molecule has 4 unspecified atom stereocenters. The minimum Gasteiger partial charge on any atom is -0.480 e. The zero-order valence-corrected chi connectivity index (χ0v) is 18.9. The molecule has 0 heterocycles. The lowest BCUT2D eigenvalue weighted by atomic mass is 10.00. The summed E-state index contributed by atoms with van der Waals surface area (Å²) in [4.78, 5) is 48.8. The summed E-state index contributed by atoms with van der Waals surface area (Å²) in [6, 6.07) is -4.29. The number of carbonyl (C=O) groups excluding carboxylic acids is 3. The number of unbranched alkanes of at least 4 members (excludes halogenated alkanes) is 1. The summed E-state index contributed by atoms with van der Waals surface area (Å²) < 4.78 is 0. The largest absolute Gasteiger partial charge is 0.480 e. The predicted molar refractivity (Wildman–Crippen MR) is 116 cm³/mol. The van der Waals surface area contributed by atoms with Gasteiger partial charge in [-0.2, -0.15) is 0 Å². The molecule has 31 heavy (non-hydrogen) atoms. The zero-order valence-electron chi connectivity index (χ0n) is 18.9. The highest BCUT2D eigenvalue weighted by atomic mass is 16.4. The average molecular weight is 446 g/mol. The van der Waals surface area contributed by atoms with Crippen molar-refractivity contribution in [1.82, 2.24) is 16.0 Å². The van der Waals surface area contributed by atoms with E-state index in [0.29, 0.717) is 25.8 Å². The van der Waals surface area contributed by atoms with Crippen molar-refractivity contribution in [3.63, 3.8) is 0 Å². The molecule has 180 valence electrons. The number of hydrogen-bond acceptors (Lipinski definition) is 7. The first-order chi connectivity index (χ1) is 14.4. The third-order valence-corrected chi connectivity index (χ3v) is 4.69. The summed E-state index contributed by atoms with van der Waals surface area (Å²) in [7, 11) is 0. The molecule has 9 N–H and O–H groups in total. The first kappa shape index (κ1) is 28.8. The molecule has 0 fully saturated rings. The standard InChI is InChI=1S/C20H39N5O6/c1-11(2)9-14(18(28)25-16(12(3)4)20(30)31)23-19(29)15(10-26)24-17(27)13(22)7-5-6-8-21/h11-16,26H,5-10,21-22H2,1-4H3,(H,23,29)(H,24,27)(H,25,28)(H,30,31). The Morgan fingerprint density at radius 2 is 1.42 bits per heavy atom. The normalized spacial score (nSPS) is 15.1. The van der Waals surface area contributed by atoms with E-state index < -0.39 is 54.5 Å². The molecule has 0 aliphatic rings. The van der Waals surface area contributed by atoms with Crippen LogP contribution in [0.3, 0.4) is 0 Å². The van der Waals surface area contributed by atoms with E-state index in [1.54, 1.807) is 13.8 Å². The monoisotopic (exact) mass is 445 g/mol. The zero-order chi connectivity index (χ0) is 24.1. The van der Waals surface area contributed by atoms with Gasteiger partial charge < -0.3 is 37.6 Å². The van der Waals surface area contributed by atoms with Crippen LogP contribution in [0, 0.1) is 11.8 Å². The Kier molecular flexibility index (Phi) is 13.6. The second-order valence-corrected chi connectivity index (χ2v) is 8.39. The van der Waals surface area contributed by atoms with E-state index in [9.17, 15) is 29.4 Å². The molecule has 0 rings (SSSR count). The third-order valence-electron chi connectivity index (χ3n) is 4.69. The Morgan fingerprint density at radius 1 is 0.871 bits per heavy atom. The Bertz CT molecular complexity index is 599. The molecular weight excluding hydrogens is 406 g/mol. The molecule has 0 aromatic rings. The van der Waals surface area contributed by atoms with Crippen LogP contribution in [-0.2, 0) is 19.2 Å². The quantitative estimate of drug-likeness (QED) is 0.150. The van der Waals surface area contributed by atoms with Crippen LogP contribution >= 0.6 is 0 Å². The van der Waals surface area contributed by atoms with Crippen LogP contribution in [0.5, 0.6) is 0 Å². The number of nitrogens with two attached hydrogens (primary N) is 2. The summed E-state index contributed by atoms with van der Waals surface area (Å²) >= 11 is 0. The lowest BCUT2D eigenvalue weighted by Crippen LogP contribution is -2.58. The highest BCUT2D eigenvalue weighted by Gasteiger charge is 2.31. The maximum absolute atomic E-state index is 12.7. The summed E-state index contributed by atoms with van der Waals surface area (Å²) in [5.74, 6) is -3.53. The second kappa shape index (κ2) is 14.7. The highest BCUT2D eigenvalue weighted by Crippen LogP contribution is 2.08. The lowest BCUT2D eigenvalue weighted by Gasteiger charge is -2.26. The van der Waals surface area contributed by atoms with Crippen LogP contribution in [0.2, 0.25) is 0 Å². The Balaban J connectivity index is 5.15. The molecular formula is C20H39N5O6. The summed E-state index contributed by atoms with van der Waals surface area (Å²) in [5.41, 5.74) is 11.2. The van der Waals surface area contributed by atoms with Crippen LogP contribution in [-0.4, -0.2) is 71.2 Å². The van der Waals surface area contributed by atoms with Gasteiger partial charge in [-0.3, -0.25) is 14.4 Å². The van der Waals surface area contributed by atoms with Crippen molar-refractivity contribution in [3.05, 3.63) is 0 Å². The van der Waals surface area contributed by atoms with Gasteiger partial charge in [-0.1, -0.05) is 34.1 Å². The van der Waals surface area contributed by atoms with Gasteiger partial charge in [0.2, 0.25) is 17.7 Å². The number of nitrogens with one attached hydrogen (secondary N) is 3. The van der Waals surface area contributed by atoms with Gasteiger partial charge in [-0.15, -0.1) is 0 Å². The first-order valence-electron chi connectivity index (χ1n) is 10.6. The second-order valence-electron chi connectivity index (χ2n) is 8.39. The van der Waals surface area contributed by atoms with Crippen molar-refractivity contribution in [1.29, 1.82) is 0 Å². The number of carboxylic acid groups (broad SMARTS) is 1. The number of carboxylic acids is 1. The molecule has 0 radical (unpaired) electrons. The van der Waals surface area contributed by atoms with Gasteiger partial charge in [0.05, 0.1) is 12.6 Å². The number of rotatable bonds is 15. The summed E-state index contributed by atoms with van der Waals surface area (Å²) in [6.45, 7) is 6.79. The SMILES string of the molecule is CC(C)CC(NC(=O)C(CO)NC(=O)C(N)CCCCN)C(=O)NC(C(=O)O)C(C)C. The van der Waals surface area contributed by atoms with E-state index in [-0.39, 0.29) is 18.3 Å². The summed E-state index contributed by atoms with van der Waals surface area (Å²) in [6.07, 6.45) is 1.99. The van der Waals surface area contributed by atoms with Crippen LogP contribution < -0.4 is 27.4 Å². The van der Waals surface area contributed by atoms with Gasteiger partial charge in [0.15, 0.2) is 0 Å². The van der Waals surface area contributed by atoms with E-state index in [2.05, 4.69) is 16.0 Å². The lowest BCUT2D eigenvalue weighted by molar-refractivity contribution is -0.143. The van der Waals surface area contributed by atoms with Gasteiger partial charge in [-0.25, -0.2) is 4.79 Å². The minimum atomic E-state index is -1.30.